The predicted molar refractivity (Wildman–Crippen MR) is 102 cm³/mol. The van der Waals surface area contributed by atoms with Gasteiger partial charge in [-0.3, -0.25) is 4.79 Å². The van der Waals surface area contributed by atoms with Gasteiger partial charge in [-0.05, 0) is 30.2 Å². The van der Waals surface area contributed by atoms with Gasteiger partial charge in [0, 0.05) is 11.8 Å². The Kier molecular flexibility index (Phi) is 5.78. The van der Waals surface area contributed by atoms with Crippen molar-refractivity contribution in [2.75, 3.05) is 11.9 Å². The van der Waals surface area contributed by atoms with Gasteiger partial charge in [0.15, 0.2) is 5.82 Å². The number of anilines is 1. The lowest BCUT2D eigenvalue weighted by atomic mass is 10.0. The Balaban J connectivity index is 1.78. The molecule has 0 saturated carbocycles. The van der Waals surface area contributed by atoms with Gasteiger partial charge in [-0.15, -0.1) is 11.3 Å². The minimum absolute atomic E-state index is 0.250. The SMILES string of the molecule is CC(C)[C@@H](Nc1ccnc(-c2ccc3ncsc3c2)n1)C(=O)NCC(F)(F)F. The van der Waals surface area contributed by atoms with E-state index in [1.807, 2.05) is 23.5 Å². The summed E-state index contributed by atoms with van der Waals surface area (Å²) in [5.41, 5.74) is 3.41. The maximum atomic E-state index is 12.4. The number of nitrogens with zero attached hydrogens (tertiary/aromatic N) is 3. The molecule has 2 aromatic heterocycles. The van der Waals surface area contributed by atoms with Gasteiger partial charge < -0.3 is 10.6 Å². The number of fused-ring (bicyclic) bond motifs is 1. The average Bonchev–Trinajstić information content (AvgIpc) is 3.11. The van der Waals surface area contributed by atoms with Crippen LogP contribution in [-0.2, 0) is 4.79 Å². The first-order valence-corrected chi connectivity index (χ1v) is 9.38. The fourth-order valence-corrected chi connectivity index (χ4v) is 3.28. The molecule has 0 fully saturated rings. The molecule has 3 aromatic rings. The van der Waals surface area contributed by atoms with E-state index in [2.05, 4.69) is 20.3 Å². The number of nitrogens with one attached hydrogen (secondary N) is 2. The molecule has 2 N–H and O–H groups in total. The Morgan fingerprint density at radius 3 is 2.71 bits per heavy atom. The van der Waals surface area contributed by atoms with Gasteiger partial charge in [0.25, 0.3) is 0 Å². The molecule has 0 bridgehead atoms. The number of halogens is 3. The summed E-state index contributed by atoms with van der Waals surface area (Å²) in [6.07, 6.45) is -2.93. The van der Waals surface area contributed by atoms with Crippen molar-refractivity contribution in [3.05, 3.63) is 36.0 Å². The van der Waals surface area contributed by atoms with Crippen molar-refractivity contribution >= 4 is 33.3 Å². The Bertz CT molecular complexity index is 973. The molecule has 28 heavy (non-hydrogen) atoms. The zero-order chi connectivity index (χ0) is 20.3. The number of carbonyl (C=O) groups excluding carboxylic acids is 1. The number of benzene rings is 1. The molecular formula is C18H18F3N5OS. The Labute approximate surface area is 163 Å². The number of aromatic nitrogens is 3. The molecule has 6 nitrogen and oxygen atoms in total. The van der Waals surface area contributed by atoms with Crippen molar-refractivity contribution < 1.29 is 18.0 Å². The number of rotatable bonds is 6. The summed E-state index contributed by atoms with van der Waals surface area (Å²) in [6.45, 7) is 2.11. The van der Waals surface area contributed by atoms with E-state index in [-0.39, 0.29) is 5.92 Å². The van der Waals surface area contributed by atoms with Crippen LogP contribution in [-0.4, -0.2) is 39.6 Å². The fourth-order valence-electron chi connectivity index (χ4n) is 2.56. The third-order valence-electron chi connectivity index (χ3n) is 3.96. The number of carbonyl (C=O) groups is 1. The number of alkyl halides is 3. The minimum Gasteiger partial charge on any atom is -0.358 e. The van der Waals surface area contributed by atoms with E-state index in [4.69, 9.17) is 0 Å². The number of hydrogen-bond donors (Lipinski definition) is 2. The highest BCUT2D eigenvalue weighted by Gasteiger charge is 2.30. The molecular weight excluding hydrogens is 391 g/mol. The molecule has 0 aliphatic heterocycles. The third kappa shape index (κ3) is 4.94. The van der Waals surface area contributed by atoms with Crippen molar-refractivity contribution in [1.29, 1.82) is 0 Å². The van der Waals surface area contributed by atoms with Crippen molar-refractivity contribution in [1.82, 2.24) is 20.3 Å². The molecule has 0 spiro atoms. The predicted octanol–water partition coefficient (Wildman–Crippen LogP) is 3.87. The van der Waals surface area contributed by atoms with E-state index in [0.717, 1.165) is 15.8 Å². The van der Waals surface area contributed by atoms with Crippen LogP contribution in [0.15, 0.2) is 36.0 Å². The second kappa shape index (κ2) is 8.09. The van der Waals surface area contributed by atoms with E-state index < -0.39 is 24.7 Å². The highest BCUT2D eigenvalue weighted by atomic mass is 32.1. The zero-order valence-electron chi connectivity index (χ0n) is 15.1. The molecule has 1 aromatic carbocycles. The summed E-state index contributed by atoms with van der Waals surface area (Å²) in [6, 6.07) is 6.33. The summed E-state index contributed by atoms with van der Waals surface area (Å²) in [5, 5.41) is 4.83. The van der Waals surface area contributed by atoms with Crippen LogP contribution in [0.2, 0.25) is 0 Å². The largest absolute Gasteiger partial charge is 0.405 e. The van der Waals surface area contributed by atoms with E-state index in [1.54, 1.807) is 25.4 Å². The summed E-state index contributed by atoms with van der Waals surface area (Å²) in [7, 11) is 0. The highest BCUT2D eigenvalue weighted by Crippen LogP contribution is 2.25. The lowest BCUT2D eigenvalue weighted by Gasteiger charge is -2.22. The van der Waals surface area contributed by atoms with Gasteiger partial charge in [0.1, 0.15) is 18.4 Å². The first-order valence-electron chi connectivity index (χ1n) is 8.50. The van der Waals surface area contributed by atoms with Crippen molar-refractivity contribution in [3.63, 3.8) is 0 Å². The van der Waals surface area contributed by atoms with E-state index in [0.29, 0.717) is 11.6 Å². The van der Waals surface area contributed by atoms with Crippen molar-refractivity contribution in [3.8, 4) is 11.4 Å². The standard InChI is InChI=1S/C18H18F3N5OS/c1-10(2)15(17(27)23-8-18(19,20)21)25-14-5-6-22-16(26-14)11-3-4-12-13(7-11)28-9-24-12/h3-7,9-10,15H,8H2,1-2H3,(H,23,27)(H,22,25,26)/t15-/m1/s1. The van der Waals surface area contributed by atoms with Crippen LogP contribution in [0.4, 0.5) is 19.0 Å². The van der Waals surface area contributed by atoms with E-state index >= 15 is 0 Å². The van der Waals surface area contributed by atoms with Crippen LogP contribution in [0.3, 0.4) is 0 Å². The van der Waals surface area contributed by atoms with Crippen molar-refractivity contribution in [2.24, 2.45) is 5.92 Å². The van der Waals surface area contributed by atoms with Crippen LogP contribution in [0, 0.1) is 5.92 Å². The molecule has 3 rings (SSSR count). The van der Waals surface area contributed by atoms with Gasteiger partial charge in [-0.1, -0.05) is 13.8 Å². The molecule has 10 heteroatoms. The lowest BCUT2D eigenvalue weighted by molar-refractivity contribution is -0.139. The normalized spacial score (nSPS) is 12.9. The molecule has 0 aliphatic rings. The van der Waals surface area contributed by atoms with Crippen LogP contribution in [0.5, 0.6) is 0 Å². The number of thiazole rings is 1. The monoisotopic (exact) mass is 409 g/mol. The molecule has 0 radical (unpaired) electrons. The van der Waals surface area contributed by atoms with Crippen LogP contribution >= 0.6 is 11.3 Å². The maximum absolute atomic E-state index is 12.4. The van der Waals surface area contributed by atoms with Gasteiger partial charge in [0.2, 0.25) is 5.91 Å². The van der Waals surface area contributed by atoms with Crippen LogP contribution in [0.25, 0.3) is 21.6 Å². The summed E-state index contributed by atoms with van der Waals surface area (Å²) in [5.74, 6) is -0.187. The maximum Gasteiger partial charge on any atom is 0.405 e. The Morgan fingerprint density at radius 1 is 1.21 bits per heavy atom. The summed E-state index contributed by atoms with van der Waals surface area (Å²) < 4.78 is 38.1. The summed E-state index contributed by atoms with van der Waals surface area (Å²) >= 11 is 1.50. The van der Waals surface area contributed by atoms with Gasteiger partial charge >= 0.3 is 6.18 Å². The smallest absolute Gasteiger partial charge is 0.358 e. The molecule has 148 valence electrons. The van der Waals surface area contributed by atoms with E-state index in [1.165, 1.54) is 17.5 Å². The Hall–Kier alpha value is -2.75. The zero-order valence-corrected chi connectivity index (χ0v) is 15.9. The third-order valence-corrected chi connectivity index (χ3v) is 4.75. The summed E-state index contributed by atoms with van der Waals surface area (Å²) in [4.78, 5) is 25.1. The second-order valence-corrected chi connectivity index (χ2v) is 7.39. The molecule has 0 saturated heterocycles. The Morgan fingerprint density at radius 2 is 2.00 bits per heavy atom. The second-order valence-electron chi connectivity index (χ2n) is 6.50. The first kappa shape index (κ1) is 20.0. The molecule has 0 unspecified atom stereocenters. The van der Waals surface area contributed by atoms with E-state index in [9.17, 15) is 18.0 Å². The number of hydrogen-bond acceptors (Lipinski definition) is 6. The molecule has 1 amide bonds. The first-order chi connectivity index (χ1) is 13.2. The lowest BCUT2D eigenvalue weighted by Crippen LogP contribution is -2.46. The molecule has 0 aliphatic carbocycles. The minimum atomic E-state index is -4.46. The topological polar surface area (TPSA) is 79.8 Å². The van der Waals surface area contributed by atoms with Gasteiger partial charge in [-0.25, -0.2) is 15.0 Å². The van der Waals surface area contributed by atoms with Crippen molar-refractivity contribution in [2.45, 2.75) is 26.1 Å². The molecule has 2 heterocycles. The van der Waals surface area contributed by atoms with Crippen LogP contribution in [0.1, 0.15) is 13.8 Å². The quantitative estimate of drug-likeness (QED) is 0.646. The highest BCUT2D eigenvalue weighted by molar-refractivity contribution is 7.16. The van der Waals surface area contributed by atoms with Crippen LogP contribution < -0.4 is 10.6 Å². The number of amides is 1. The fraction of sp³-hybridized carbons (Fsp3) is 0.333. The van der Waals surface area contributed by atoms with Gasteiger partial charge in [0.05, 0.1) is 15.7 Å². The average molecular weight is 409 g/mol. The van der Waals surface area contributed by atoms with Gasteiger partial charge in [-0.2, -0.15) is 13.2 Å². The molecule has 1 atom stereocenters.